The summed E-state index contributed by atoms with van der Waals surface area (Å²) in [7, 11) is 1.93. The first-order valence-electron chi connectivity index (χ1n) is 6.70. The third-order valence-corrected chi connectivity index (χ3v) is 4.08. The maximum atomic E-state index is 11.9. The molecule has 1 N–H and O–H groups in total. The summed E-state index contributed by atoms with van der Waals surface area (Å²) in [6.45, 7) is 2.03. The quantitative estimate of drug-likeness (QED) is 0.710. The van der Waals surface area contributed by atoms with Crippen molar-refractivity contribution < 1.29 is 4.79 Å². The van der Waals surface area contributed by atoms with Crippen LogP contribution in [0.4, 0.5) is 0 Å². The van der Waals surface area contributed by atoms with Crippen molar-refractivity contribution in [3.8, 4) is 0 Å². The first-order chi connectivity index (χ1) is 8.24. The molecule has 0 aliphatic carbocycles. The molecule has 1 amide bonds. The minimum Gasteiger partial charge on any atom is -0.346 e. The van der Waals surface area contributed by atoms with E-state index in [-0.39, 0.29) is 0 Å². The van der Waals surface area contributed by atoms with Crippen LogP contribution in [0.5, 0.6) is 0 Å². The Balaban J connectivity index is 2.10. The molecule has 4 heteroatoms. The summed E-state index contributed by atoms with van der Waals surface area (Å²) in [5.41, 5.74) is 0. The topological polar surface area (TPSA) is 32.3 Å². The van der Waals surface area contributed by atoms with Gasteiger partial charge < -0.3 is 10.2 Å². The van der Waals surface area contributed by atoms with E-state index < -0.39 is 0 Å². The zero-order chi connectivity index (χ0) is 12.5. The Kier molecular flexibility index (Phi) is 7.69. The van der Waals surface area contributed by atoms with E-state index in [4.69, 9.17) is 0 Å². The summed E-state index contributed by atoms with van der Waals surface area (Å²) in [6, 6.07) is 0.576. The van der Waals surface area contributed by atoms with Gasteiger partial charge in [0, 0.05) is 26.1 Å². The van der Waals surface area contributed by atoms with Gasteiger partial charge in [0.1, 0.15) is 0 Å². The first-order valence-corrected chi connectivity index (χ1v) is 8.09. The Bertz CT molecular complexity index is 217. The molecule has 1 unspecified atom stereocenters. The van der Waals surface area contributed by atoms with E-state index in [1.165, 1.54) is 19.3 Å². The number of carbonyl (C=O) groups excluding carboxylic acids is 1. The van der Waals surface area contributed by atoms with Crippen LogP contribution in [0.2, 0.25) is 0 Å². The number of hydrogen-bond donors (Lipinski definition) is 1. The van der Waals surface area contributed by atoms with E-state index in [0.717, 1.165) is 31.7 Å². The zero-order valence-corrected chi connectivity index (χ0v) is 12.0. The third kappa shape index (κ3) is 6.32. The van der Waals surface area contributed by atoms with Crippen molar-refractivity contribution in [2.75, 3.05) is 32.1 Å². The average Bonchev–Trinajstić information content (AvgIpc) is 2.37. The van der Waals surface area contributed by atoms with Crippen LogP contribution >= 0.6 is 11.8 Å². The first kappa shape index (κ1) is 14.8. The van der Waals surface area contributed by atoms with E-state index in [0.29, 0.717) is 18.4 Å². The molecule has 1 saturated heterocycles. The Morgan fingerprint density at radius 1 is 1.47 bits per heavy atom. The van der Waals surface area contributed by atoms with Crippen molar-refractivity contribution in [1.82, 2.24) is 10.2 Å². The van der Waals surface area contributed by atoms with Crippen molar-refractivity contribution in [2.24, 2.45) is 0 Å². The molecule has 0 saturated carbocycles. The van der Waals surface area contributed by atoms with Crippen LogP contribution in [-0.2, 0) is 4.79 Å². The maximum Gasteiger partial charge on any atom is 0.222 e. The van der Waals surface area contributed by atoms with E-state index >= 15 is 0 Å². The molecule has 1 aliphatic heterocycles. The van der Waals surface area contributed by atoms with Crippen LogP contribution in [-0.4, -0.2) is 49.0 Å². The molecule has 0 aromatic rings. The van der Waals surface area contributed by atoms with Crippen molar-refractivity contribution in [1.29, 1.82) is 0 Å². The second-order valence-electron chi connectivity index (χ2n) is 4.85. The van der Waals surface area contributed by atoms with Gasteiger partial charge in [-0.3, -0.25) is 4.79 Å². The summed E-state index contributed by atoms with van der Waals surface area (Å²) in [4.78, 5) is 13.8. The molecular weight excluding hydrogens is 232 g/mol. The lowest BCUT2D eigenvalue weighted by atomic mass is 10.0. The monoisotopic (exact) mass is 258 g/mol. The van der Waals surface area contributed by atoms with Gasteiger partial charge in [0.05, 0.1) is 0 Å². The molecular formula is C13H26N2OS. The molecule has 0 spiro atoms. The lowest BCUT2D eigenvalue weighted by Gasteiger charge is -2.24. The number of nitrogens with one attached hydrogen (secondary N) is 1. The van der Waals surface area contributed by atoms with Crippen molar-refractivity contribution in [3.63, 3.8) is 0 Å². The largest absolute Gasteiger partial charge is 0.346 e. The van der Waals surface area contributed by atoms with Gasteiger partial charge in [0.2, 0.25) is 5.91 Å². The third-order valence-electron chi connectivity index (χ3n) is 3.39. The molecule has 100 valence electrons. The van der Waals surface area contributed by atoms with Crippen LogP contribution in [0.25, 0.3) is 0 Å². The van der Waals surface area contributed by atoms with Crippen LogP contribution in [0.1, 0.15) is 38.5 Å². The summed E-state index contributed by atoms with van der Waals surface area (Å²) in [6.07, 6.45) is 8.76. The Labute approximate surface area is 110 Å². The molecule has 1 aliphatic rings. The van der Waals surface area contributed by atoms with Crippen LogP contribution in [0.15, 0.2) is 0 Å². The molecule has 1 heterocycles. The molecule has 17 heavy (non-hydrogen) atoms. The smallest absolute Gasteiger partial charge is 0.222 e. The zero-order valence-electron chi connectivity index (χ0n) is 11.2. The van der Waals surface area contributed by atoms with Gasteiger partial charge in [0.25, 0.3) is 0 Å². The van der Waals surface area contributed by atoms with Crippen molar-refractivity contribution in [3.05, 3.63) is 0 Å². The number of amides is 1. The fourth-order valence-corrected chi connectivity index (χ4v) is 2.65. The number of carbonyl (C=O) groups is 1. The second-order valence-corrected chi connectivity index (χ2v) is 5.83. The predicted molar refractivity (Wildman–Crippen MR) is 75.5 cm³/mol. The maximum absolute atomic E-state index is 11.9. The molecule has 0 aromatic carbocycles. The Morgan fingerprint density at radius 2 is 2.29 bits per heavy atom. The fraction of sp³-hybridized carbons (Fsp3) is 0.923. The van der Waals surface area contributed by atoms with Gasteiger partial charge in [-0.25, -0.2) is 0 Å². The van der Waals surface area contributed by atoms with Crippen molar-refractivity contribution in [2.45, 2.75) is 44.6 Å². The standard InChI is InChI=1S/C13H26N2OS/c1-15(10-5-11-17-2)13(16)8-7-12-6-3-4-9-14-12/h12,14H,3-11H2,1-2H3. The lowest BCUT2D eigenvalue weighted by Crippen LogP contribution is -2.36. The fourth-order valence-electron chi connectivity index (χ4n) is 2.23. The SMILES string of the molecule is CSCCCN(C)C(=O)CCC1CCCCN1. The molecule has 0 radical (unpaired) electrons. The highest BCUT2D eigenvalue weighted by Gasteiger charge is 2.15. The summed E-state index contributed by atoms with van der Waals surface area (Å²) >= 11 is 1.84. The molecule has 1 fully saturated rings. The van der Waals surface area contributed by atoms with E-state index in [1.807, 2.05) is 23.7 Å². The molecule has 3 nitrogen and oxygen atoms in total. The van der Waals surface area contributed by atoms with Gasteiger partial charge >= 0.3 is 0 Å². The lowest BCUT2D eigenvalue weighted by molar-refractivity contribution is -0.130. The van der Waals surface area contributed by atoms with E-state index in [9.17, 15) is 4.79 Å². The Hall–Kier alpha value is -0.220. The normalized spacial score (nSPS) is 20.2. The van der Waals surface area contributed by atoms with Crippen LogP contribution in [0, 0.1) is 0 Å². The van der Waals surface area contributed by atoms with Gasteiger partial charge in [-0.2, -0.15) is 11.8 Å². The van der Waals surface area contributed by atoms with Gasteiger partial charge in [0.15, 0.2) is 0 Å². The summed E-state index contributed by atoms with van der Waals surface area (Å²) < 4.78 is 0. The molecule has 1 rings (SSSR count). The number of hydrogen-bond acceptors (Lipinski definition) is 3. The molecule has 1 atom stereocenters. The number of piperidine rings is 1. The molecule has 0 aromatic heterocycles. The number of nitrogens with zero attached hydrogens (tertiary/aromatic N) is 1. The second kappa shape index (κ2) is 8.81. The highest BCUT2D eigenvalue weighted by atomic mass is 32.2. The van der Waals surface area contributed by atoms with E-state index in [2.05, 4.69) is 11.6 Å². The van der Waals surface area contributed by atoms with Crippen molar-refractivity contribution >= 4 is 17.7 Å². The highest BCUT2D eigenvalue weighted by Crippen LogP contribution is 2.12. The number of thioether (sulfide) groups is 1. The van der Waals surface area contributed by atoms with Gasteiger partial charge in [-0.05, 0) is 44.2 Å². The van der Waals surface area contributed by atoms with Gasteiger partial charge in [-0.1, -0.05) is 6.42 Å². The van der Waals surface area contributed by atoms with Crippen LogP contribution in [0.3, 0.4) is 0 Å². The molecule has 0 bridgehead atoms. The number of rotatable bonds is 7. The van der Waals surface area contributed by atoms with E-state index in [1.54, 1.807) is 0 Å². The minimum absolute atomic E-state index is 0.304. The van der Waals surface area contributed by atoms with Gasteiger partial charge in [-0.15, -0.1) is 0 Å². The summed E-state index contributed by atoms with van der Waals surface area (Å²) in [5, 5.41) is 3.49. The predicted octanol–water partition coefficient (Wildman–Crippen LogP) is 2.12. The summed E-state index contributed by atoms with van der Waals surface area (Å²) in [5.74, 6) is 1.44. The average molecular weight is 258 g/mol. The Morgan fingerprint density at radius 3 is 2.94 bits per heavy atom. The highest BCUT2D eigenvalue weighted by molar-refractivity contribution is 7.98. The van der Waals surface area contributed by atoms with Crippen LogP contribution < -0.4 is 5.32 Å². The minimum atomic E-state index is 0.304.